The third kappa shape index (κ3) is 8.02. The van der Waals surface area contributed by atoms with Crippen molar-refractivity contribution in [1.29, 1.82) is 0 Å². The van der Waals surface area contributed by atoms with E-state index in [2.05, 4.69) is 53.7 Å². The number of guanidine groups is 1. The Hall–Kier alpha value is -1.87. The van der Waals surface area contributed by atoms with Crippen LogP contribution in [0.5, 0.6) is 5.75 Å². The van der Waals surface area contributed by atoms with Crippen molar-refractivity contribution in [2.24, 2.45) is 4.99 Å². The molecule has 0 aliphatic heterocycles. The summed E-state index contributed by atoms with van der Waals surface area (Å²) in [5.74, 6) is 1.69. The third-order valence-electron chi connectivity index (χ3n) is 4.27. The van der Waals surface area contributed by atoms with Crippen molar-refractivity contribution < 1.29 is 4.74 Å². The number of ether oxygens (including phenoxy) is 1. The van der Waals surface area contributed by atoms with E-state index in [1.807, 2.05) is 36.5 Å². The number of aromatic nitrogens is 1. The number of pyridine rings is 1. The van der Waals surface area contributed by atoms with Gasteiger partial charge < -0.3 is 20.3 Å². The Labute approximate surface area is 185 Å². The Morgan fingerprint density at radius 1 is 1.18 bits per heavy atom. The molecule has 0 radical (unpaired) electrons. The fourth-order valence-electron chi connectivity index (χ4n) is 2.79. The smallest absolute Gasteiger partial charge is 0.191 e. The second-order valence-electron chi connectivity index (χ2n) is 6.47. The van der Waals surface area contributed by atoms with Crippen LogP contribution in [0.4, 0.5) is 0 Å². The SMILES string of the molecule is CCNC(=NCC(c1cccc(OC)c1)N(C)C)NCCc1ccccn1.I. The Morgan fingerprint density at radius 2 is 2.00 bits per heavy atom. The molecule has 1 atom stereocenters. The number of methoxy groups -OCH3 is 1. The lowest BCUT2D eigenvalue weighted by atomic mass is 10.1. The number of benzene rings is 1. The van der Waals surface area contributed by atoms with Gasteiger partial charge in [-0.3, -0.25) is 9.98 Å². The van der Waals surface area contributed by atoms with Crippen LogP contribution in [0.1, 0.15) is 24.2 Å². The fraction of sp³-hybridized carbons (Fsp3) is 0.429. The number of rotatable bonds is 9. The highest BCUT2D eigenvalue weighted by Gasteiger charge is 2.14. The number of nitrogens with zero attached hydrogens (tertiary/aromatic N) is 3. The average Bonchev–Trinajstić information content (AvgIpc) is 2.69. The Balaban J connectivity index is 0.00000392. The van der Waals surface area contributed by atoms with Gasteiger partial charge in [-0.25, -0.2) is 0 Å². The number of halogens is 1. The first-order valence-electron chi connectivity index (χ1n) is 9.36. The van der Waals surface area contributed by atoms with Gasteiger partial charge in [0.2, 0.25) is 0 Å². The van der Waals surface area contributed by atoms with Crippen molar-refractivity contribution in [2.45, 2.75) is 19.4 Å². The van der Waals surface area contributed by atoms with E-state index >= 15 is 0 Å². The predicted molar refractivity (Wildman–Crippen MR) is 127 cm³/mol. The van der Waals surface area contributed by atoms with Crippen molar-refractivity contribution in [3.05, 3.63) is 59.9 Å². The first-order chi connectivity index (χ1) is 13.1. The monoisotopic (exact) mass is 497 g/mol. The van der Waals surface area contributed by atoms with Crippen LogP contribution >= 0.6 is 24.0 Å². The van der Waals surface area contributed by atoms with Gasteiger partial charge >= 0.3 is 0 Å². The first-order valence-corrected chi connectivity index (χ1v) is 9.36. The molecule has 1 aromatic carbocycles. The van der Waals surface area contributed by atoms with E-state index in [1.165, 1.54) is 5.56 Å². The Morgan fingerprint density at radius 3 is 2.64 bits per heavy atom. The van der Waals surface area contributed by atoms with Gasteiger partial charge in [0.25, 0.3) is 0 Å². The second kappa shape index (κ2) is 13.3. The van der Waals surface area contributed by atoms with Gasteiger partial charge in [0.05, 0.1) is 19.7 Å². The molecule has 0 bridgehead atoms. The van der Waals surface area contributed by atoms with E-state index in [9.17, 15) is 0 Å². The van der Waals surface area contributed by atoms with Crippen LogP contribution in [0.15, 0.2) is 53.7 Å². The molecule has 6 nitrogen and oxygen atoms in total. The molecule has 0 aliphatic carbocycles. The van der Waals surface area contributed by atoms with Gasteiger partial charge in [0.15, 0.2) is 5.96 Å². The van der Waals surface area contributed by atoms with E-state index in [0.717, 1.165) is 36.9 Å². The number of hydrogen-bond acceptors (Lipinski definition) is 4. The quantitative estimate of drug-likeness (QED) is 0.317. The molecule has 0 amide bonds. The molecule has 2 rings (SSSR count). The number of nitrogens with one attached hydrogen (secondary N) is 2. The van der Waals surface area contributed by atoms with Gasteiger partial charge in [-0.15, -0.1) is 24.0 Å². The molecule has 1 unspecified atom stereocenters. The van der Waals surface area contributed by atoms with E-state index < -0.39 is 0 Å². The summed E-state index contributed by atoms with van der Waals surface area (Å²) in [6, 6.07) is 14.3. The minimum Gasteiger partial charge on any atom is -0.497 e. The van der Waals surface area contributed by atoms with Gasteiger partial charge in [-0.1, -0.05) is 18.2 Å². The van der Waals surface area contributed by atoms with E-state index in [-0.39, 0.29) is 30.0 Å². The topological polar surface area (TPSA) is 61.8 Å². The molecule has 1 heterocycles. The third-order valence-corrected chi connectivity index (χ3v) is 4.27. The lowest BCUT2D eigenvalue weighted by Crippen LogP contribution is -2.39. The highest BCUT2D eigenvalue weighted by Crippen LogP contribution is 2.22. The summed E-state index contributed by atoms with van der Waals surface area (Å²) in [5.41, 5.74) is 2.26. The lowest BCUT2D eigenvalue weighted by Gasteiger charge is -2.24. The molecule has 2 N–H and O–H groups in total. The van der Waals surface area contributed by atoms with E-state index in [0.29, 0.717) is 6.54 Å². The van der Waals surface area contributed by atoms with Crippen LogP contribution in [0.2, 0.25) is 0 Å². The van der Waals surface area contributed by atoms with Crippen molar-refractivity contribution in [1.82, 2.24) is 20.5 Å². The van der Waals surface area contributed by atoms with Crippen molar-refractivity contribution in [3.63, 3.8) is 0 Å². The maximum atomic E-state index is 5.36. The zero-order chi connectivity index (χ0) is 19.5. The van der Waals surface area contributed by atoms with Crippen LogP contribution in [0.3, 0.4) is 0 Å². The van der Waals surface area contributed by atoms with E-state index in [4.69, 9.17) is 9.73 Å². The van der Waals surface area contributed by atoms with Crippen molar-refractivity contribution >= 4 is 29.9 Å². The molecule has 0 saturated carbocycles. The van der Waals surface area contributed by atoms with Gasteiger partial charge in [-0.2, -0.15) is 0 Å². The molecule has 0 spiro atoms. The van der Waals surface area contributed by atoms with Gasteiger partial charge in [0.1, 0.15) is 5.75 Å². The van der Waals surface area contributed by atoms with Gasteiger partial charge in [-0.05, 0) is 50.8 Å². The summed E-state index contributed by atoms with van der Waals surface area (Å²) in [6.45, 7) is 4.33. The minimum atomic E-state index is 0. The molecule has 2 aromatic rings. The molecular weight excluding hydrogens is 465 g/mol. The summed E-state index contributed by atoms with van der Waals surface area (Å²) in [6.07, 6.45) is 2.68. The van der Waals surface area contributed by atoms with Crippen LogP contribution in [0.25, 0.3) is 0 Å². The summed E-state index contributed by atoms with van der Waals surface area (Å²) >= 11 is 0. The highest BCUT2D eigenvalue weighted by atomic mass is 127. The highest BCUT2D eigenvalue weighted by molar-refractivity contribution is 14.0. The van der Waals surface area contributed by atoms with Crippen LogP contribution < -0.4 is 15.4 Å². The zero-order valence-electron chi connectivity index (χ0n) is 17.2. The van der Waals surface area contributed by atoms with Crippen LogP contribution in [0, 0.1) is 0 Å². The first kappa shape index (κ1) is 24.2. The summed E-state index contributed by atoms with van der Waals surface area (Å²) in [5, 5.41) is 6.71. The second-order valence-corrected chi connectivity index (χ2v) is 6.47. The van der Waals surface area contributed by atoms with Crippen molar-refractivity contribution in [3.8, 4) is 5.75 Å². The summed E-state index contributed by atoms with van der Waals surface area (Å²) in [4.78, 5) is 11.3. The number of aliphatic imine (C=N–C) groups is 1. The maximum Gasteiger partial charge on any atom is 0.191 e. The van der Waals surface area contributed by atoms with Gasteiger partial charge in [0, 0.05) is 31.4 Å². The predicted octanol–water partition coefficient (Wildman–Crippen LogP) is 3.11. The molecule has 0 aliphatic rings. The summed E-state index contributed by atoms with van der Waals surface area (Å²) < 4.78 is 5.36. The molecule has 1 aromatic heterocycles. The van der Waals surface area contributed by atoms with Crippen molar-refractivity contribution in [2.75, 3.05) is 40.8 Å². The molecule has 28 heavy (non-hydrogen) atoms. The van der Waals surface area contributed by atoms with E-state index in [1.54, 1.807) is 7.11 Å². The lowest BCUT2D eigenvalue weighted by molar-refractivity contribution is 0.305. The molecule has 154 valence electrons. The minimum absolute atomic E-state index is 0. The van der Waals surface area contributed by atoms with Crippen LogP contribution in [-0.2, 0) is 6.42 Å². The molecular formula is C21H32IN5O. The standard InChI is InChI=1S/C21H31N5O.HI/c1-5-22-21(24-14-12-18-10-6-7-13-23-18)25-16-20(26(2)3)17-9-8-11-19(15-17)27-4;/h6-11,13,15,20H,5,12,14,16H2,1-4H3,(H2,22,24,25);1H. The molecule has 7 heteroatoms. The summed E-state index contributed by atoms with van der Waals surface area (Å²) in [7, 11) is 5.83. The average molecular weight is 497 g/mol. The normalized spacial score (nSPS) is 12.2. The Kier molecular flexibility index (Phi) is 11.5. The largest absolute Gasteiger partial charge is 0.497 e. The number of likely N-dealkylation sites (N-methyl/N-ethyl adjacent to an activating group) is 1. The molecule has 0 fully saturated rings. The fourth-order valence-corrected chi connectivity index (χ4v) is 2.79. The molecule has 0 saturated heterocycles. The Bertz CT molecular complexity index is 709. The maximum absolute atomic E-state index is 5.36. The zero-order valence-corrected chi connectivity index (χ0v) is 19.5. The number of hydrogen-bond donors (Lipinski definition) is 2. The van der Waals surface area contributed by atoms with Crippen LogP contribution in [-0.4, -0.2) is 56.7 Å².